The molecule has 9 rings (SSSR count). The van der Waals surface area contributed by atoms with Crippen molar-refractivity contribution in [1.82, 2.24) is 35.1 Å². The number of hydrogen-bond acceptors (Lipinski definition) is 12. The molecule has 3 fully saturated rings. The molecule has 5 aliphatic rings. The largest absolute Gasteiger partial charge is 0.385 e. The zero-order valence-corrected chi connectivity index (χ0v) is 37.4. The van der Waals surface area contributed by atoms with Crippen LogP contribution in [0.1, 0.15) is 102 Å². The maximum atomic E-state index is 15.4. The fourth-order valence-corrected chi connectivity index (χ4v) is 9.59. The molecule has 16 nitrogen and oxygen atoms in total. The van der Waals surface area contributed by atoms with Crippen LogP contribution in [0.2, 0.25) is 0 Å². The molecule has 0 spiro atoms. The number of aliphatic imine (C=N–C) groups is 1. The number of fused-ring (bicyclic) bond motifs is 2. The van der Waals surface area contributed by atoms with Gasteiger partial charge in [-0.2, -0.15) is 5.10 Å². The molecule has 3 saturated heterocycles. The number of unbranched alkanes of at least 4 members (excludes halogenated alkanes) is 4. The van der Waals surface area contributed by atoms with Gasteiger partial charge >= 0.3 is 0 Å². The average Bonchev–Trinajstić information content (AvgIpc) is 3.92. The second-order valence-corrected chi connectivity index (χ2v) is 17.9. The number of nitrogens with one attached hydrogen (secondary N) is 4. The summed E-state index contributed by atoms with van der Waals surface area (Å²) >= 11 is 0. The summed E-state index contributed by atoms with van der Waals surface area (Å²) in [5, 5.41) is 16.9. The molecule has 2 atom stereocenters. The van der Waals surface area contributed by atoms with E-state index in [1.54, 1.807) is 18.2 Å². The maximum absolute atomic E-state index is 15.4. The molecule has 5 aliphatic heterocycles. The summed E-state index contributed by atoms with van der Waals surface area (Å²) in [6, 6.07) is 12.3. The number of ether oxygens (including phenoxy) is 1. The van der Waals surface area contributed by atoms with Crippen molar-refractivity contribution in [3.63, 3.8) is 0 Å². The van der Waals surface area contributed by atoms with Crippen molar-refractivity contribution in [2.75, 3.05) is 69.7 Å². The quantitative estimate of drug-likeness (QED) is 0.0749. The third-order valence-electron chi connectivity index (χ3n) is 13.4. The molecular formula is C49H56F2N10O6. The number of benzene rings is 3. The van der Waals surface area contributed by atoms with Crippen LogP contribution >= 0.6 is 0 Å². The number of likely N-dealkylation sites (tertiary alicyclic amines) is 1. The lowest BCUT2D eigenvalue weighted by molar-refractivity contribution is -0.136. The van der Waals surface area contributed by atoms with E-state index in [2.05, 4.69) is 26.2 Å². The highest BCUT2D eigenvalue weighted by atomic mass is 19.1. The topological polar surface area (TPSA) is 183 Å². The van der Waals surface area contributed by atoms with E-state index in [-0.39, 0.29) is 54.1 Å². The van der Waals surface area contributed by atoms with Crippen molar-refractivity contribution in [2.45, 2.75) is 82.5 Å². The fourth-order valence-electron chi connectivity index (χ4n) is 9.59. The second-order valence-electron chi connectivity index (χ2n) is 17.9. The minimum absolute atomic E-state index is 0.0236. The van der Waals surface area contributed by atoms with E-state index in [0.717, 1.165) is 74.2 Å². The Balaban J connectivity index is 0.660. The molecule has 67 heavy (non-hydrogen) atoms. The van der Waals surface area contributed by atoms with Crippen molar-refractivity contribution < 1.29 is 37.5 Å². The minimum atomic E-state index is -0.989. The third-order valence-corrected chi connectivity index (χ3v) is 13.4. The van der Waals surface area contributed by atoms with Crippen LogP contribution in [0.5, 0.6) is 0 Å². The molecule has 3 aromatic carbocycles. The van der Waals surface area contributed by atoms with E-state index < -0.39 is 41.3 Å². The van der Waals surface area contributed by atoms with Gasteiger partial charge in [-0.05, 0) is 74.1 Å². The number of rotatable bonds is 17. The smallest absolute Gasteiger partial charge is 0.262 e. The summed E-state index contributed by atoms with van der Waals surface area (Å²) in [5.74, 6) is -3.20. The standard InChI is InChI=1S/C49H56F2N10O6/c50-39-23-31(24-40(51)38(39)29-59-19-21-67-22-20-59)35-7-6-8-41-46(35)56-42(27-54-41)32-26-55-60(28-32)34-13-17-58(18-14-34)30-45(63)53-16-5-3-1-2-4-15-52-33-9-10-36-37(25-33)49(66)61(48(36)65)43-11-12-44(62)57-47(43)64/h6-10,23-28,34,42-43,52,56H,1-5,11-22,29-30H2,(H,53,63)(H,57,62,64). The summed E-state index contributed by atoms with van der Waals surface area (Å²) in [7, 11) is 0. The number of piperidine rings is 2. The fraction of sp³-hybridized carbons (Fsp3) is 0.449. The Morgan fingerprint density at radius 3 is 2.34 bits per heavy atom. The molecule has 4 N–H and O–H groups in total. The zero-order valence-electron chi connectivity index (χ0n) is 37.4. The minimum Gasteiger partial charge on any atom is -0.385 e. The van der Waals surface area contributed by atoms with Gasteiger partial charge in [-0.1, -0.05) is 31.4 Å². The van der Waals surface area contributed by atoms with E-state index >= 15 is 8.78 Å². The van der Waals surface area contributed by atoms with Crippen LogP contribution in [0, 0.1) is 11.6 Å². The molecule has 0 radical (unpaired) electrons. The number of amides is 5. The lowest BCUT2D eigenvalue weighted by Gasteiger charge is -2.31. The Labute approximate surface area is 387 Å². The van der Waals surface area contributed by atoms with Crippen LogP contribution in [0.4, 0.5) is 25.8 Å². The highest BCUT2D eigenvalue weighted by Gasteiger charge is 2.44. The first kappa shape index (κ1) is 45.8. The molecule has 1 aromatic heterocycles. The highest BCUT2D eigenvalue weighted by molar-refractivity contribution is 6.23. The molecule has 18 heteroatoms. The Morgan fingerprint density at radius 1 is 0.821 bits per heavy atom. The van der Waals surface area contributed by atoms with Crippen molar-refractivity contribution in [2.24, 2.45) is 4.99 Å². The molecule has 5 amide bonds. The van der Waals surface area contributed by atoms with Gasteiger partial charge in [0.2, 0.25) is 17.7 Å². The van der Waals surface area contributed by atoms with Crippen molar-refractivity contribution in [3.05, 3.63) is 94.8 Å². The average molecular weight is 919 g/mol. The van der Waals surface area contributed by atoms with Gasteiger partial charge in [0, 0.05) is 87.0 Å². The number of nitrogens with zero attached hydrogens (tertiary/aromatic N) is 6. The summed E-state index contributed by atoms with van der Waals surface area (Å²) in [6.45, 7) is 5.80. The summed E-state index contributed by atoms with van der Waals surface area (Å²) < 4.78 is 38.2. The summed E-state index contributed by atoms with van der Waals surface area (Å²) in [5.41, 5.74) is 4.72. The van der Waals surface area contributed by atoms with E-state index in [1.165, 1.54) is 12.1 Å². The zero-order chi connectivity index (χ0) is 46.4. The van der Waals surface area contributed by atoms with Gasteiger partial charge in [0.15, 0.2) is 0 Å². The maximum Gasteiger partial charge on any atom is 0.262 e. The molecule has 0 saturated carbocycles. The van der Waals surface area contributed by atoms with E-state index in [9.17, 15) is 24.0 Å². The van der Waals surface area contributed by atoms with Gasteiger partial charge in [-0.15, -0.1) is 0 Å². The van der Waals surface area contributed by atoms with Crippen LogP contribution < -0.4 is 21.3 Å². The number of morpholine rings is 1. The Bertz CT molecular complexity index is 2530. The number of anilines is 2. The number of carbonyl (C=O) groups is 5. The predicted molar refractivity (Wildman–Crippen MR) is 247 cm³/mol. The number of hydrogen-bond donors (Lipinski definition) is 4. The monoisotopic (exact) mass is 918 g/mol. The predicted octanol–water partition coefficient (Wildman–Crippen LogP) is 5.75. The first-order valence-electron chi connectivity index (χ1n) is 23.4. The molecular weight excluding hydrogens is 863 g/mol. The summed E-state index contributed by atoms with van der Waals surface area (Å²) in [6.07, 6.45) is 12.4. The number of carbonyl (C=O) groups excluding carboxylic acids is 5. The van der Waals surface area contributed by atoms with Crippen molar-refractivity contribution in [3.8, 4) is 11.1 Å². The molecule has 2 unspecified atom stereocenters. The van der Waals surface area contributed by atoms with Crippen LogP contribution in [-0.4, -0.2) is 125 Å². The van der Waals surface area contributed by atoms with E-state index in [4.69, 9.17) is 14.8 Å². The van der Waals surface area contributed by atoms with Gasteiger partial charge in [0.25, 0.3) is 11.8 Å². The lowest BCUT2D eigenvalue weighted by atomic mass is 9.98. The van der Waals surface area contributed by atoms with Crippen molar-refractivity contribution in [1.29, 1.82) is 0 Å². The number of aromatic nitrogens is 2. The third kappa shape index (κ3) is 10.5. The first-order chi connectivity index (χ1) is 32.6. The van der Waals surface area contributed by atoms with Gasteiger partial charge < -0.3 is 20.7 Å². The van der Waals surface area contributed by atoms with Gasteiger partial charge in [-0.3, -0.25) is 53.7 Å². The number of imide groups is 2. The SMILES string of the molecule is O=C(CN1CCC(n2cc(C3C=Nc4cccc(-c5cc(F)c(CN6CCOCC6)c(F)c5)c4N3)cn2)CC1)NCCCCCCCNc1ccc2c(c1)C(=O)N(C1CCC(=O)NC1=O)C2=O. The number of halogens is 2. The van der Waals surface area contributed by atoms with Gasteiger partial charge in [0.05, 0.1) is 60.5 Å². The van der Waals surface area contributed by atoms with Crippen molar-refractivity contribution >= 4 is 52.8 Å². The van der Waals surface area contributed by atoms with Gasteiger partial charge in [0.1, 0.15) is 17.7 Å². The molecule has 0 bridgehead atoms. The molecule has 4 aromatic rings. The van der Waals surface area contributed by atoms with Crippen LogP contribution in [0.25, 0.3) is 11.1 Å². The normalized spacial score (nSPS) is 20.1. The van der Waals surface area contributed by atoms with Crippen LogP contribution in [0.15, 0.2) is 65.9 Å². The van der Waals surface area contributed by atoms with E-state index in [0.29, 0.717) is 68.4 Å². The molecule has 0 aliphatic carbocycles. The summed E-state index contributed by atoms with van der Waals surface area (Å²) in [4.78, 5) is 72.6. The Hall–Kier alpha value is -6.37. The Morgan fingerprint density at radius 2 is 1.57 bits per heavy atom. The number of para-hydroxylation sites is 1. The lowest BCUT2D eigenvalue weighted by Crippen LogP contribution is -2.54. The highest BCUT2D eigenvalue weighted by Crippen LogP contribution is 2.41. The van der Waals surface area contributed by atoms with Crippen LogP contribution in [0.3, 0.4) is 0 Å². The Kier molecular flexibility index (Phi) is 14.1. The van der Waals surface area contributed by atoms with E-state index in [1.807, 2.05) is 46.4 Å². The second kappa shape index (κ2) is 20.7. The van der Waals surface area contributed by atoms with Gasteiger partial charge in [-0.25, -0.2) is 8.78 Å². The first-order valence-corrected chi connectivity index (χ1v) is 23.4. The molecule has 6 heterocycles. The molecule has 352 valence electrons. The van der Waals surface area contributed by atoms with Crippen LogP contribution in [-0.2, 0) is 25.7 Å².